The Morgan fingerprint density at radius 3 is 2.50 bits per heavy atom. The molecule has 2 heterocycles. The number of aromatic nitrogens is 5. The fourth-order valence-corrected chi connectivity index (χ4v) is 2.81. The highest BCUT2D eigenvalue weighted by atomic mass is 16.2. The van der Waals surface area contributed by atoms with Gasteiger partial charge in [0.05, 0.1) is 23.8 Å². The number of nitrogens with zero attached hydrogens (tertiary/aromatic N) is 5. The van der Waals surface area contributed by atoms with Crippen LogP contribution in [0.2, 0.25) is 0 Å². The molecule has 0 atom stereocenters. The van der Waals surface area contributed by atoms with E-state index < -0.39 is 0 Å². The van der Waals surface area contributed by atoms with Crippen LogP contribution in [0, 0.1) is 6.92 Å². The van der Waals surface area contributed by atoms with Crippen LogP contribution in [-0.4, -0.2) is 37.2 Å². The van der Waals surface area contributed by atoms with Gasteiger partial charge in [-0.15, -0.1) is 5.10 Å². The zero-order valence-corrected chi connectivity index (χ0v) is 15.5. The maximum absolute atomic E-state index is 12.3. The third kappa shape index (κ3) is 3.98. The minimum absolute atomic E-state index is 0.242. The van der Waals surface area contributed by atoms with E-state index in [1.165, 1.54) is 0 Å². The number of carbonyl (C=O) groups excluding carboxylic acids is 1. The van der Waals surface area contributed by atoms with E-state index in [9.17, 15) is 4.79 Å². The van der Waals surface area contributed by atoms with Gasteiger partial charge in [0.1, 0.15) is 0 Å². The Morgan fingerprint density at radius 1 is 0.964 bits per heavy atom. The first-order valence-electron chi connectivity index (χ1n) is 9.05. The van der Waals surface area contributed by atoms with E-state index in [0.29, 0.717) is 18.7 Å². The smallest absolute Gasteiger partial charge is 0.273 e. The summed E-state index contributed by atoms with van der Waals surface area (Å²) in [6, 6.07) is 17.8. The fraction of sp³-hybridized carbons (Fsp3) is 0.143. The molecule has 0 spiro atoms. The van der Waals surface area contributed by atoms with Crippen LogP contribution in [0.5, 0.6) is 0 Å². The molecule has 7 heteroatoms. The predicted octanol–water partition coefficient (Wildman–Crippen LogP) is 2.73. The molecule has 1 amide bonds. The summed E-state index contributed by atoms with van der Waals surface area (Å²) in [5, 5.41) is 15.2. The third-order valence-electron chi connectivity index (χ3n) is 4.38. The predicted molar refractivity (Wildman–Crippen MR) is 106 cm³/mol. The summed E-state index contributed by atoms with van der Waals surface area (Å²) in [5.41, 5.74) is 4.38. The van der Waals surface area contributed by atoms with Crippen LogP contribution in [-0.2, 0) is 6.42 Å². The van der Waals surface area contributed by atoms with Gasteiger partial charge in [0.15, 0.2) is 5.69 Å². The third-order valence-corrected chi connectivity index (χ3v) is 4.38. The van der Waals surface area contributed by atoms with E-state index >= 15 is 0 Å². The Kier molecular flexibility index (Phi) is 4.97. The molecule has 0 aliphatic heterocycles. The lowest BCUT2D eigenvalue weighted by molar-refractivity contribution is 0.0949. The minimum atomic E-state index is -0.242. The van der Waals surface area contributed by atoms with Crippen LogP contribution in [0.15, 0.2) is 73.2 Å². The van der Waals surface area contributed by atoms with Crippen LogP contribution in [0.4, 0.5) is 0 Å². The second-order valence-electron chi connectivity index (χ2n) is 6.52. The molecule has 0 aliphatic rings. The van der Waals surface area contributed by atoms with Crippen molar-refractivity contribution in [1.29, 1.82) is 0 Å². The Morgan fingerprint density at radius 2 is 1.71 bits per heavy atom. The number of hydrogen-bond acceptors (Lipinski definition) is 4. The first-order valence-corrected chi connectivity index (χ1v) is 9.05. The molecule has 7 nitrogen and oxygen atoms in total. The zero-order chi connectivity index (χ0) is 19.3. The van der Waals surface area contributed by atoms with E-state index in [2.05, 4.69) is 20.7 Å². The van der Waals surface area contributed by atoms with Gasteiger partial charge >= 0.3 is 0 Å². The average Bonchev–Trinajstić information content (AvgIpc) is 3.39. The maximum atomic E-state index is 12.3. The second-order valence-corrected chi connectivity index (χ2v) is 6.52. The number of aryl methyl sites for hydroxylation is 1. The molecule has 2 aromatic carbocycles. The lowest BCUT2D eigenvalue weighted by atomic mass is 10.2. The molecule has 0 saturated carbocycles. The molecule has 0 unspecified atom stereocenters. The zero-order valence-electron chi connectivity index (χ0n) is 15.5. The number of para-hydroxylation sites is 1. The first kappa shape index (κ1) is 17.7. The van der Waals surface area contributed by atoms with E-state index in [1.54, 1.807) is 10.9 Å². The van der Waals surface area contributed by atoms with Crippen molar-refractivity contribution in [2.75, 3.05) is 6.54 Å². The van der Waals surface area contributed by atoms with Crippen molar-refractivity contribution >= 4 is 5.91 Å². The standard InChI is InChI=1S/C21H20N6O/c1-16-7-9-19(10-8-16)27-15-20(24-25-27)21(28)22-12-11-17-13-23-26(14-17)18-5-3-2-4-6-18/h2-10,13-15H,11-12H2,1H3,(H,22,28). The van der Waals surface area contributed by atoms with Gasteiger partial charge in [0.2, 0.25) is 0 Å². The summed E-state index contributed by atoms with van der Waals surface area (Å²) in [5.74, 6) is -0.242. The van der Waals surface area contributed by atoms with Gasteiger partial charge in [-0.1, -0.05) is 41.1 Å². The van der Waals surface area contributed by atoms with E-state index in [-0.39, 0.29) is 5.91 Å². The minimum Gasteiger partial charge on any atom is -0.350 e. The number of amides is 1. The number of nitrogens with one attached hydrogen (secondary N) is 1. The Labute approximate surface area is 162 Å². The summed E-state index contributed by atoms with van der Waals surface area (Å²) in [4.78, 5) is 12.3. The van der Waals surface area contributed by atoms with Crippen LogP contribution >= 0.6 is 0 Å². The molecular formula is C21H20N6O. The normalized spacial score (nSPS) is 10.8. The first-order chi connectivity index (χ1) is 13.7. The average molecular weight is 372 g/mol. The Hall–Kier alpha value is -3.74. The highest BCUT2D eigenvalue weighted by Gasteiger charge is 2.11. The van der Waals surface area contributed by atoms with Crippen LogP contribution < -0.4 is 5.32 Å². The van der Waals surface area contributed by atoms with Gasteiger partial charge in [0, 0.05) is 12.7 Å². The molecule has 140 valence electrons. The van der Waals surface area contributed by atoms with Crippen molar-refractivity contribution in [3.8, 4) is 11.4 Å². The van der Waals surface area contributed by atoms with Gasteiger partial charge in [-0.2, -0.15) is 5.10 Å². The van der Waals surface area contributed by atoms with Gasteiger partial charge in [-0.25, -0.2) is 9.36 Å². The maximum Gasteiger partial charge on any atom is 0.273 e. The van der Waals surface area contributed by atoms with Crippen molar-refractivity contribution < 1.29 is 4.79 Å². The summed E-state index contributed by atoms with van der Waals surface area (Å²) < 4.78 is 3.42. The van der Waals surface area contributed by atoms with Crippen LogP contribution in [0.25, 0.3) is 11.4 Å². The largest absolute Gasteiger partial charge is 0.350 e. The molecule has 0 bridgehead atoms. The van der Waals surface area contributed by atoms with Crippen molar-refractivity contribution in [3.63, 3.8) is 0 Å². The lowest BCUT2D eigenvalue weighted by Crippen LogP contribution is -2.26. The number of hydrogen-bond donors (Lipinski definition) is 1. The second kappa shape index (κ2) is 7.87. The highest BCUT2D eigenvalue weighted by molar-refractivity contribution is 5.91. The molecule has 0 saturated heterocycles. The van der Waals surface area contributed by atoms with Crippen molar-refractivity contribution in [3.05, 3.63) is 90.0 Å². The SMILES string of the molecule is Cc1ccc(-n2cc(C(=O)NCCc3cnn(-c4ccccc4)c3)nn2)cc1. The van der Waals surface area contributed by atoms with Crippen molar-refractivity contribution in [2.45, 2.75) is 13.3 Å². The fourth-order valence-electron chi connectivity index (χ4n) is 2.81. The molecule has 28 heavy (non-hydrogen) atoms. The van der Waals surface area contributed by atoms with Gasteiger partial charge in [-0.3, -0.25) is 4.79 Å². The molecular weight excluding hydrogens is 352 g/mol. The van der Waals surface area contributed by atoms with Crippen molar-refractivity contribution in [1.82, 2.24) is 30.1 Å². The Bertz CT molecular complexity index is 1070. The summed E-state index contributed by atoms with van der Waals surface area (Å²) in [7, 11) is 0. The quantitative estimate of drug-likeness (QED) is 0.565. The highest BCUT2D eigenvalue weighted by Crippen LogP contribution is 2.09. The van der Waals surface area contributed by atoms with Gasteiger partial charge in [-0.05, 0) is 43.2 Å². The lowest BCUT2D eigenvalue weighted by Gasteiger charge is -2.02. The summed E-state index contributed by atoms with van der Waals surface area (Å²) >= 11 is 0. The number of benzene rings is 2. The number of carbonyl (C=O) groups is 1. The molecule has 2 aromatic heterocycles. The van der Waals surface area contributed by atoms with E-state index in [0.717, 1.165) is 22.5 Å². The van der Waals surface area contributed by atoms with E-state index in [1.807, 2.05) is 78.6 Å². The molecule has 0 radical (unpaired) electrons. The number of rotatable bonds is 6. The van der Waals surface area contributed by atoms with Gasteiger partial charge in [0.25, 0.3) is 5.91 Å². The van der Waals surface area contributed by atoms with Crippen LogP contribution in [0.3, 0.4) is 0 Å². The monoisotopic (exact) mass is 372 g/mol. The Balaban J connectivity index is 1.33. The molecule has 4 aromatic rings. The van der Waals surface area contributed by atoms with Gasteiger partial charge < -0.3 is 5.32 Å². The van der Waals surface area contributed by atoms with Crippen LogP contribution in [0.1, 0.15) is 21.6 Å². The molecule has 0 aliphatic carbocycles. The topological polar surface area (TPSA) is 77.6 Å². The summed E-state index contributed by atoms with van der Waals surface area (Å²) in [6.45, 7) is 2.52. The molecule has 1 N–H and O–H groups in total. The van der Waals surface area contributed by atoms with Crippen molar-refractivity contribution in [2.24, 2.45) is 0 Å². The summed E-state index contributed by atoms with van der Waals surface area (Å²) in [6.07, 6.45) is 6.10. The van der Waals surface area contributed by atoms with E-state index in [4.69, 9.17) is 0 Å². The molecule has 0 fully saturated rings. The molecule has 4 rings (SSSR count).